The van der Waals surface area contributed by atoms with Crippen molar-refractivity contribution < 1.29 is 35.9 Å². The van der Waals surface area contributed by atoms with E-state index in [4.69, 9.17) is 17.3 Å². The van der Waals surface area contributed by atoms with E-state index in [1.165, 1.54) is 49.0 Å². The number of hydrogen-bond donors (Lipinski definition) is 3. The highest BCUT2D eigenvalue weighted by molar-refractivity contribution is 7.98. The molecule has 0 aliphatic rings. The van der Waals surface area contributed by atoms with Crippen molar-refractivity contribution in [2.24, 2.45) is 10.8 Å². The number of amidine groups is 1. The van der Waals surface area contributed by atoms with Gasteiger partial charge in [-0.25, -0.2) is 0 Å². The molecule has 0 aliphatic heterocycles. The number of nitrogens with two attached hydrogens (primary N) is 1. The van der Waals surface area contributed by atoms with Crippen LogP contribution in [0.2, 0.25) is 5.02 Å². The number of halogens is 7. The lowest BCUT2D eigenvalue weighted by atomic mass is 10.1. The summed E-state index contributed by atoms with van der Waals surface area (Å²) in [6.45, 7) is 0.660. The number of nitrogens with zero attached hydrogens (tertiary/aromatic N) is 3. The summed E-state index contributed by atoms with van der Waals surface area (Å²) in [4.78, 5) is 29.9. The number of benzene rings is 1. The van der Waals surface area contributed by atoms with Gasteiger partial charge < -0.3 is 16.4 Å². The number of carbonyl (C=O) groups is 2. The van der Waals surface area contributed by atoms with Gasteiger partial charge in [0.15, 0.2) is 0 Å². The van der Waals surface area contributed by atoms with E-state index in [1.54, 1.807) is 6.92 Å². The molecule has 4 N–H and O–H groups in total. The van der Waals surface area contributed by atoms with Crippen LogP contribution in [0.3, 0.4) is 0 Å². The molecule has 0 saturated carbocycles. The Morgan fingerprint density at radius 2 is 1.82 bits per heavy atom. The lowest BCUT2D eigenvalue weighted by Gasteiger charge is -2.22. The minimum Gasteiger partial charge on any atom is -0.378 e. The van der Waals surface area contributed by atoms with Gasteiger partial charge in [0.1, 0.15) is 6.54 Å². The number of amides is 2. The Hall–Kier alpha value is -3.20. The molecule has 2 rings (SSSR count). The van der Waals surface area contributed by atoms with E-state index in [1.807, 2.05) is 6.26 Å². The van der Waals surface area contributed by atoms with Crippen molar-refractivity contribution in [1.82, 2.24) is 15.3 Å². The summed E-state index contributed by atoms with van der Waals surface area (Å²) in [5.74, 6) is -2.58. The van der Waals surface area contributed by atoms with Gasteiger partial charge in [-0.05, 0) is 44.4 Å². The fourth-order valence-electron chi connectivity index (χ4n) is 3.28. The molecule has 214 valence electrons. The minimum atomic E-state index is -5.12. The van der Waals surface area contributed by atoms with Gasteiger partial charge in [-0.1, -0.05) is 17.7 Å². The van der Waals surface area contributed by atoms with Crippen LogP contribution in [0.5, 0.6) is 0 Å². The average Bonchev–Trinajstić information content (AvgIpc) is 2.78. The number of rotatable bonds is 10. The standard InChI is InChI=1S/C23H25ClF6N6O2S/c1-12(10-39-3)32-20(38)18-15(5-4-6-16(18)24)19(37)34-17-8-7-14(33-13(17)2)9-36(11-22(25,26)27)35-21(31)23(28,29)30/h4-8,12H,9-11H2,1-3H3,(H2,31,35)(H,32,38)(H,34,37). The van der Waals surface area contributed by atoms with Crippen molar-refractivity contribution >= 4 is 46.7 Å². The SMILES string of the molecule is CSCC(C)NC(=O)c1c(Cl)cccc1C(=O)Nc1ccc(CN(CC(F)(F)F)/N=C(\N)C(F)(F)F)nc1C. The van der Waals surface area contributed by atoms with Crippen LogP contribution in [0.25, 0.3) is 0 Å². The Kier molecular flexibility index (Phi) is 10.9. The molecule has 1 atom stereocenters. The summed E-state index contributed by atoms with van der Waals surface area (Å²) < 4.78 is 76.8. The van der Waals surface area contributed by atoms with Crippen molar-refractivity contribution in [3.05, 3.63) is 57.9 Å². The first-order valence-corrected chi connectivity index (χ1v) is 12.9. The Morgan fingerprint density at radius 3 is 2.38 bits per heavy atom. The van der Waals surface area contributed by atoms with Crippen molar-refractivity contribution in [3.8, 4) is 0 Å². The van der Waals surface area contributed by atoms with E-state index >= 15 is 0 Å². The van der Waals surface area contributed by atoms with Gasteiger partial charge in [-0.2, -0.15) is 43.2 Å². The first-order chi connectivity index (χ1) is 18.0. The second-order valence-corrected chi connectivity index (χ2v) is 9.62. The molecule has 1 unspecified atom stereocenters. The van der Waals surface area contributed by atoms with Gasteiger partial charge in [0.05, 0.1) is 39.8 Å². The van der Waals surface area contributed by atoms with Crippen LogP contribution in [-0.4, -0.2) is 64.6 Å². The number of aromatic nitrogens is 1. The summed E-state index contributed by atoms with van der Waals surface area (Å²) >= 11 is 7.73. The van der Waals surface area contributed by atoms with E-state index in [0.717, 1.165) is 0 Å². The van der Waals surface area contributed by atoms with Gasteiger partial charge in [-0.15, -0.1) is 0 Å². The topological polar surface area (TPSA) is 113 Å². The number of hydrogen-bond acceptors (Lipinski definition) is 6. The predicted octanol–water partition coefficient (Wildman–Crippen LogP) is 4.98. The van der Waals surface area contributed by atoms with Gasteiger partial charge in [0.2, 0.25) is 5.84 Å². The third-order valence-electron chi connectivity index (χ3n) is 4.92. The van der Waals surface area contributed by atoms with Gasteiger partial charge in [0, 0.05) is 11.8 Å². The van der Waals surface area contributed by atoms with Crippen LogP contribution in [0.1, 0.15) is 39.0 Å². The second kappa shape index (κ2) is 13.2. The number of hydrazone groups is 1. The van der Waals surface area contributed by atoms with Crippen LogP contribution in [0.4, 0.5) is 32.0 Å². The smallest absolute Gasteiger partial charge is 0.378 e. The van der Waals surface area contributed by atoms with E-state index in [9.17, 15) is 35.9 Å². The van der Waals surface area contributed by atoms with Crippen LogP contribution in [0.15, 0.2) is 35.4 Å². The lowest BCUT2D eigenvalue weighted by Crippen LogP contribution is -2.37. The molecule has 39 heavy (non-hydrogen) atoms. The highest BCUT2D eigenvalue weighted by Gasteiger charge is 2.36. The number of pyridine rings is 1. The maximum absolute atomic E-state index is 13.0. The highest BCUT2D eigenvalue weighted by Crippen LogP contribution is 2.24. The zero-order valence-electron chi connectivity index (χ0n) is 20.9. The first-order valence-electron chi connectivity index (χ1n) is 11.1. The van der Waals surface area contributed by atoms with Crippen LogP contribution < -0.4 is 16.4 Å². The molecule has 1 aromatic heterocycles. The number of anilines is 1. The summed E-state index contributed by atoms with van der Waals surface area (Å²) in [5.41, 5.74) is 4.92. The van der Waals surface area contributed by atoms with E-state index < -0.39 is 43.1 Å². The molecule has 0 aliphatic carbocycles. The largest absolute Gasteiger partial charge is 0.450 e. The van der Waals surface area contributed by atoms with Crippen LogP contribution >= 0.6 is 23.4 Å². The quantitative estimate of drug-likeness (QED) is 0.154. The van der Waals surface area contributed by atoms with Crippen LogP contribution in [0, 0.1) is 6.92 Å². The third-order valence-corrected chi connectivity index (χ3v) is 6.07. The molecule has 16 heteroatoms. The van der Waals surface area contributed by atoms with E-state index in [-0.39, 0.29) is 44.3 Å². The summed E-state index contributed by atoms with van der Waals surface area (Å²) in [6, 6.07) is 6.64. The zero-order valence-corrected chi connectivity index (χ0v) is 22.4. The molecule has 0 saturated heterocycles. The number of aryl methyl sites for hydroxylation is 1. The molecule has 2 aromatic rings. The molecule has 1 aromatic carbocycles. The Labute approximate surface area is 229 Å². The Balaban J connectivity index is 2.28. The Bertz CT molecular complexity index is 1220. The molecule has 0 bridgehead atoms. The van der Waals surface area contributed by atoms with Gasteiger partial charge in [-0.3, -0.25) is 19.6 Å². The second-order valence-electron chi connectivity index (χ2n) is 8.30. The van der Waals surface area contributed by atoms with E-state index in [2.05, 4.69) is 20.7 Å². The molecule has 8 nitrogen and oxygen atoms in total. The fourth-order valence-corrected chi connectivity index (χ4v) is 4.13. The summed E-state index contributed by atoms with van der Waals surface area (Å²) in [6.07, 6.45) is -8.12. The molecule has 0 radical (unpaired) electrons. The van der Waals surface area contributed by atoms with Crippen molar-refractivity contribution in [2.75, 3.05) is 23.9 Å². The molecule has 2 amide bonds. The molecular weight excluding hydrogens is 574 g/mol. The van der Waals surface area contributed by atoms with Gasteiger partial charge in [0.25, 0.3) is 11.8 Å². The number of carbonyl (C=O) groups excluding carboxylic acids is 2. The van der Waals surface area contributed by atoms with Crippen molar-refractivity contribution in [2.45, 2.75) is 38.8 Å². The van der Waals surface area contributed by atoms with Crippen molar-refractivity contribution in [1.29, 1.82) is 0 Å². The first kappa shape index (κ1) is 32.0. The summed E-state index contributed by atoms with van der Waals surface area (Å²) in [5, 5.41) is 8.32. The molecule has 1 heterocycles. The average molecular weight is 599 g/mol. The lowest BCUT2D eigenvalue weighted by molar-refractivity contribution is -0.148. The van der Waals surface area contributed by atoms with E-state index in [0.29, 0.717) is 5.75 Å². The van der Waals surface area contributed by atoms with Gasteiger partial charge >= 0.3 is 12.4 Å². The number of thioether (sulfide) groups is 1. The monoisotopic (exact) mass is 598 g/mol. The Morgan fingerprint density at radius 1 is 1.15 bits per heavy atom. The summed E-state index contributed by atoms with van der Waals surface area (Å²) in [7, 11) is 0. The molecular formula is C23H25ClF6N6O2S. The predicted molar refractivity (Wildman–Crippen MR) is 138 cm³/mol. The number of alkyl halides is 6. The minimum absolute atomic E-state index is 0.0341. The maximum atomic E-state index is 13.0. The van der Waals surface area contributed by atoms with Crippen LogP contribution in [-0.2, 0) is 6.54 Å². The molecule has 0 fully saturated rings. The maximum Gasteiger partial charge on any atom is 0.450 e. The highest BCUT2D eigenvalue weighted by atomic mass is 35.5. The normalized spacial score (nSPS) is 13.1. The number of nitrogens with one attached hydrogen (secondary N) is 2. The third kappa shape index (κ3) is 9.80. The fraction of sp³-hybridized carbons (Fsp3) is 0.391. The molecule has 0 spiro atoms. The zero-order chi connectivity index (χ0) is 29.5. The van der Waals surface area contributed by atoms with Crippen molar-refractivity contribution in [3.63, 3.8) is 0 Å².